The number of fused-ring (bicyclic) bond motifs is 2. The second-order valence-corrected chi connectivity index (χ2v) is 10.8. The number of anilines is 2. The topological polar surface area (TPSA) is 60.2 Å². The summed E-state index contributed by atoms with van der Waals surface area (Å²) in [6, 6.07) is 7.85. The van der Waals surface area contributed by atoms with E-state index in [-0.39, 0.29) is 0 Å². The molecule has 1 fully saturated rings. The van der Waals surface area contributed by atoms with Crippen molar-refractivity contribution in [2.45, 2.75) is 29.8 Å². The highest BCUT2D eigenvalue weighted by atomic mass is 35.5. The Morgan fingerprint density at radius 1 is 0.971 bits per heavy atom. The van der Waals surface area contributed by atoms with Crippen LogP contribution < -0.4 is 9.80 Å². The number of aromatic nitrogens is 2. The van der Waals surface area contributed by atoms with Gasteiger partial charge in [-0.3, -0.25) is 0 Å². The molecule has 1 unspecified atom stereocenters. The summed E-state index contributed by atoms with van der Waals surface area (Å²) in [4.78, 5) is 25.8. The van der Waals surface area contributed by atoms with Gasteiger partial charge < -0.3 is 14.7 Å². The van der Waals surface area contributed by atoms with Gasteiger partial charge in [0.1, 0.15) is 15.9 Å². The molecular formula is C24H27Cl2N7S. The Morgan fingerprint density at radius 2 is 1.68 bits per heavy atom. The van der Waals surface area contributed by atoms with E-state index in [0.717, 1.165) is 64.1 Å². The van der Waals surface area contributed by atoms with Crippen molar-refractivity contribution in [2.24, 2.45) is 9.98 Å². The molecule has 2 aromatic rings. The number of halogens is 2. The van der Waals surface area contributed by atoms with Gasteiger partial charge in [-0.25, -0.2) is 15.0 Å². The number of hydrogen-bond donors (Lipinski definition) is 0. The Hall–Kier alpha value is -2.29. The van der Waals surface area contributed by atoms with Gasteiger partial charge in [0, 0.05) is 57.4 Å². The quantitative estimate of drug-likeness (QED) is 0.326. The number of nitrogens with zero attached hydrogens (tertiary/aromatic N) is 7. The van der Waals surface area contributed by atoms with E-state index in [4.69, 9.17) is 38.2 Å². The molecule has 0 saturated carbocycles. The maximum atomic E-state index is 6.94. The Bertz CT molecular complexity index is 1200. The van der Waals surface area contributed by atoms with Gasteiger partial charge in [0.2, 0.25) is 11.9 Å². The number of alkyl halides is 1. The van der Waals surface area contributed by atoms with Gasteiger partial charge in [-0.2, -0.15) is 4.98 Å². The third-order valence-electron chi connectivity index (χ3n) is 6.05. The fraction of sp³-hybridized carbons (Fsp3) is 0.417. The highest BCUT2D eigenvalue weighted by Crippen LogP contribution is 2.48. The Labute approximate surface area is 214 Å². The average molecular weight is 517 g/mol. The molecule has 3 aliphatic heterocycles. The van der Waals surface area contributed by atoms with Crippen molar-refractivity contribution in [2.75, 3.05) is 51.1 Å². The molecule has 4 heterocycles. The molecule has 10 heteroatoms. The number of hydrogen-bond acceptors (Lipinski definition) is 8. The largest absolute Gasteiger partial charge is 0.356 e. The molecule has 0 aliphatic carbocycles. The first-order chi connectivity index (χ1) is 16.3. The van der Waals surface area contributed by atoms with Crippen molar-refractivity contribution < 1.29 is 0 Å². The molecule has 0 bridgehead atoms. The van der Waals surface area contributed by atoms with Gasteiger partial charge in [-0.1, -0.05) is 35.3 Å². The molecule has 0 spiro atoms. The SMILES string of the molecule is CN(C)C1=NC(Cl)C2=C(c3ccc(Cl)cc3)c3c(nc(N(C)C)nc3N3CCCCC3)SC2=N1. The summed E-state index contributed by atoms with van der Waals surface area (Å²) >= 11 is 14.7. The Balaban J connectivity index is 1.80. The van der Waals surface area contributed by atoms with E-state index in [0.29, 0.717) is 16.9 Å². The zero-order valence-electron chi connectivity index (χ0n) is 19.7. The zero-order chi connectivity index (χ0) is 24.0. The number of thioether (sulfide) groups is 1. The average Bonchev–Trinajstić information content (AvgIpc) is 2.83. The van der Waals surface area contributed by atoms with Crippen molar-refractivity contribution in [3.8, 4) is 0 Å². The normalized spacial score (nSPS) is 19.8. The van der Waals surface area contributed by atoms with E-state index >= 15 is 0 Å². The first-order valence-electron chi connectivity index (χ1n) is 11.3. The van der Waals surface area contributed by atoms with Crippen molar-refractivity contribution in [1.29, 1.82) is 0 Å². The fourth-order valence-corrected chi connectivity index (χ4v) is 5.90. The number of aliphatic imine (C=N–C) groups is 2. The number of rotatable bonds is 3. The molecule has 1 saturated heterocycles. The monoisotopic (exact) mass is 515 g/mol. The predicted molar refractivity (Wildman–Crippen MR) is 144 cm³/mol. The van der Waals surface area contributed by atoms with Crippen LogP contribution in [0.3, 0.4) is 0 Å². The first-order valence-corrected chi connectivity index (χ1v) is 13.0. The molecular weight excluding hydrogens is 489 g/mol. The van der Waals surface area contributed by atoms with Crippen LogP contribution in [0.25, 0.3) is 5.57 Å². The van der Waals surface area contributed by atoms with E-state index in [2.05, 4.69) is 9.89 Å². The van der Waals surface area contributed by atoms with Crippen LogP contribution in [-0.2, 0) is 0 Å². The minimum atomic E-state index is -0.570. The van der Waals surface area contributed by atoms with E-state index in [1.165, 1.54) is 6.42 Å². The van der Waals surface area contributed by atoms with Crippen LogP contribution in [0, 0.1) is 0 Å². The van der Waals surface area contributed by atoms with Crippen LogP contribution in [0.4, 0.5) is 11.8 Å². The summed E-state index contributed by atoms with van der Waals surface area (Å²) in [5.74, 6) is 2.23. The molecule has 1 atom stereocenters. The summed E-state index contributed by atoms with van der Waals surface area (Å²) in [6.07, 6.45) is 3.54. The van der Waals surface area contributed by atoms with Gasteiger partial charge in [-0.05, 0) is 48.7 Å². The van der Waals surface area contributed by atoms with Crippen molar-refractivity contribution in [1.82, 2.24) is 14.9 Å². The van der Waals surface area contributed by atoms with Gasteiger partial charge in [0.25, 0.3) is 0 Å². The van der Waals surface area contributed by atoms with Gasteiger partial charge >= 0.3 is 0 Å². The molecule has 0 amide bonds. The van der Waals surface area contributed by atoms with E-state index in [1.807, 2.05) is 62.3 Å². The molecule has 1 aromatic heterocycles. The molecule has 7 nitrogen and oxygen atoms in total. The molecule has 3 aliphatic rings. The molecule has 0 radical (unpaired) electrons. The minimum Gasteiger partial charge on any atom is -0.356 e. The molecule has 1 aromatic carbocycles. The van der Waals surface area contributed by atoms with Gasteiger partial charge in [0.15, 0.2) is 5.50 Å². The lowest BCUT2D eigenvalue weighted by atomic mass is 9.92. The van der Waals surface area contributed by atoms with Crippen molar-refractivity contribution >= 4 is 63.3 Å². The maximum absolute atomic E-state index is 6.94. The Kier molecular flexibility index (Phi) is 6.48. The number of piperidine rings is 1. The number of guanidine groups is 1. The van der Waals surface area contributed by atoms with E-state index in [9.17, 15) is 0 Å². The van der Waals surface area contributed by atoms with Crippen LogP contribution in [0.5, 0.6) is 0 Å². The summed E-state index contributed by atoms with van der Waals surface area (Å²) < 4.78 is 0. The fourth-order valence-electron chi connectivity index (χ4n) is 4.35. The lowest BCUT2D eigenvalue weighted by Gasteiger charge is -2.35. The first kappa shape index (κ1) is 23.5. The van der Waals surface area contributed by atoms with Gasteiger partial charge in [-0.15, -0.1) is 0 Å². The summed E-state index contributed by atoms with van der Waals surface area (Å²) in [6.45, 7) is 1.94. The lowest BCUT2D eigenvalue weighted by molar-refractivity contribution is 0.571. The zero-order valence-corrected chi connectivity index (χ0v) is 22.0. The van der Waals surface area contributed by atoms with Crippen LogP contribution in [0.2, 0.25) is 5.02 Å². The highest BCUT2D eigenvalue weighted by Gasteiger charge is 2.37. The van der Waals surface area contributed by atoms with E-state index < -0.39 is 5.50 Å². The van der Waals surface area contributed by atoms with Crippen LogP contribution in [0.15, 0.2) is 44.8 Å². The minimum absolute atomic E-state index is 0.570. The lowest BCUT2D eigenvalue weighted by Crippen LogP contribution is -2.34. The van der Waals surface area contributed by atoms with Crippen molar-refractivity contribution in [3.05, 3.63) is 46.0 Å². The number of benzene rings is 1. The second kappa shape index (κ2) is 9.40. The molecule has 5 rings (SSSR count). The van der Waals surface area contributed by atoms with Crippen LogP contribution >= 0.6 is 35.0 Å². The van der Waals surface area contributed by atoms with Crippen LogP contribution in [0.1, 0.15) is 30.4 Å². The molecule has 34 heavy (non-hydrogen) atoms. The second-order valence-electron chi connectivity index (χ2n) is 8.94. The van der Waals surface area contributed by atoms with Gasteiger partial charge in [0.05, 0.1) is 5.56 Å². The summed E-state index contributed by atoms with van der Waals surface area (Å²) in [5.41, 5.74) is 3.31. The summed E-state index contributed by atoms with van der Waals surface area (Å²) in [7, 11) is 7.79. The maximum Gasteiger partial charge on any atom is 0.227 e. The highest BCUT2D eigenvalue weighted by molar-refractivity contribution is 8.14. The van der Waals surface area contributed by atoms with Crippen molar-refractivity contribution in [3.63, 3.8) is 0 Å². The smallest absolute Gasteiger partial charge is 0.227 e. The van der Waals surface area contributed by atoms with E-state index in [1.54, 1.807) is 11.8 Å². The Morgan fingerprint density at radius 3 is 2.32 bits per heavy atom. The standard InChI is InChI=1S/C24H27Cl2N7S/c1-31(2)23-27-19(26)17-16(14-8-10-15(25)11-9-14)18-20(33-12-6-5-7-13-33)28-24(32(3)4)30-22(18)34-21(17)29-23/h8-11,19H,5-7,12-13H2,1-4H3. The third-order valence-corrected chi connectivity index (χ3v) is 7.61. The predicted octanol–water partition coefficient (Wildman–Crippen LogP) is 4.99. The molecule has 0 N–H and O–H groups in total. The molecule has 178 valence electrons. The third kappa shape index (κ3) is 4.27. The summed E-state index contributed by atoms with van der Waals surface area (Å²) in [5, 5.41) is 2.39. The van der Waals surface area contributed by atoms with Crippen LogP contribution in [-0.4, -0.2) is 72.7 Å².